The normalized spacial score (nSPS) is 15.3. The summed E-state index contributed by atoms with van der Waals surface area (Å²) in [5.74, 6) is -0.0973. The average molecular weight is 344 g/mol. The molecular formula is C17H20N4O2S. The van der Waals surface area contributed by atoms with Crippen molar-refractivity contribution >= 4 is 23.2 Å². The number of rotatable bonds is 4. The van der Waals surface area contributed by atoms with E-state index in [4.69, 9.17) is 0 Å². The fourth-order valence-corrected chi connectivity index (χ4v) is 3.76. The Bertz CT molecular complexity index is 708. The van der Waals surface area contributed by atoms with E-state index in [0.717, 1.165) is 29.7 Å². The van der Waals surface area contributed by atoms with Gasteiger partial charge in [0.25, 0.3) is 11.8 Å². The third-order valence-corrected chi connectivity index (χ3v) is 5.19. The fourth-order valence-electron chi connectivity index (χ4n) is 2.86. The maximum absolute atomic E-state index is 12.4. The van der Waals surface area contributed by atoms with Gasteiger partial charge in [-0.1, -0.05) is 6.92 Å². The number of aryl methyl sites for hydroxylation is 1. The summed E-state index contributed by atoms with van der Waals surface area (Å²) in [5, 5.41) is 5.06. The quantitative estimate of drug-likeness (QED) is 0.922. The lowest BCUT2D eigenvalue weighted by Gasteiger charge is -2.32. The van der Waals surface area contributed by atoms with Crippen LogP contribution in [0.3, 0.4) is 0 Å². The number of hydrogen-bond acceptors (Lipinski definition) is 5. The minimum Gasteiger partial charge on any atom is -0.348 e. The zero-order valence-electron chi connectivity index (χ0n) is 13.6. The van der Waals surface area contributed by atoms with Crippen LogP contribution in [0.1, 0.15) is 45.5 Å². The Labute approximate surface area is 144 Å². The molecule has 3 rings (SSSR count). The summed E-state index contributed by atoms with van der Waals surface area (Å²) >= 11 is 1.48. The number of thiophene rings is 1. The second-order valence-corrected chi connectivity index (χ2v) is 6.68. The summed E-state index contributed by atoms with van der Waals surface area (Å²) in [7, 11) is 0. The molecule has 1 saturated heterocycles. The first-order valence-corrected chi connectivity index (χ1v) is 8.99. The van der Waals surface area contributed by atoms with Crippen LogP contribution in [0, 0.1) is 0 Å². The highest BCUT2D eigenvalue weighted by Crippen LogP contribution is 2.19. The van der Waals surface area contributed by atoms with Crippen LogP contribution in [0.25, 0.3) is 0 Å². The van der Waals surface area contributed by atoms with E-state index < -0.39 is 0 Å². The van der Waals surface area contributed by atoms with E-state index in [-0.39, 0.29) is 17.9 Å². The van der Waals surface area contributed by atoms with E-state index >= 15 is 0 Å². The molecular weight excluding hydrogens is 324 g/mol. The predicted molar refractivity (Wildman–Crippen MR) is 92.1 cm³/mol. The van der Waals surface area contributed by atoms with Gasteiger partial charge in [0.1, 0.15) is 5.69 Å². The van der Waals surface area contributed by atoms with Gasteiger partial charge in [0.2, 0.25) is 0 Å². The number of nitrogens with zero attached hydrogens (tertiary/aromatic N) is 3. The first-order chi connectivity index (χ1) is 11.7. The average Bonchev–Trinajstić information content (AvgIpc) is 3.11. The lowest BCUT2D eigenvalue weighted by molar-refractivity contribution is 0.0692. The summed E-state index contributed by atoms with van der Waals surface area (Å²) in [6.45, 7) is 3.28. The molecule has 1 N–H and O–H groups in total. The summed E-state index contributed by atoms with van der Waals surface area (Å²) in [6, 6.07) is 2.11. The van der Waals surface area contributed by atoms with Gasteiger partial charge in [-0.3, -0.25) is 14.6 Å². The molecule has 0 spiro atoms. The van der Waals surface area contributed by atoms with E-state index in [1.54, 1.807) is 11.1 Å². The highest BCUT2D eigenvalue weighted by atomic mass is 32.1. The van der Waals surface area contributed by atoms with Crippen LogP contribution in [0.2, 0.25) is 0 Å². The maximum Gasteiger partial charge on any atom is 0.274 e. The van der Waals surface area contributed by atoms with Gasteiger partial charge >= 0.3 is 0 Å². The zero-order valence-corrected chi connectivity index (χ0v) is 14.4. The molecule has 0 bridgehead atoms. The van der Waals surface area contributed by atoms with Gasteiger partial charge in [0.05, 0.1) is 11.1 Å². The number of carbonyl (C=O) groups excluding carboxylic acids is 2. The monoisotopic (exact) mass is 344 g/mol. The smallest absolute Gasteiger partial charge is 0.274 e. The van der Waals surface area contributed by atoms with Crippen LogP contribution in [0.5, 0.6) is 0 Å². The fraction of sp³-hybridized carbons (Fsp3) is 0.412. The van der Waals surface area contributed by atoms with Crippen molar-refractivity contribution in [2.45, 2.75) is 32.2 Å². The van der Waals surface area contributed by atoms with Crippen molar-refractivity contribution in [2.24, 2.45) is 0 Å². The Hall–Kier alpha value is -2.28. The van der Waals surface area contributed by atoms with Crippen molar-refractivity contribution in [2.75, 3.05) is 13.1 Å². The van der Waals surface area contributed by atoms with E-state index in [1.165, 1.54) is 23.7 Å². The summed E-state index contributed by atoms with van der Waals surface area (Å²) in [5.41, 5.74) is 1.46. The van der Waals surface area contributed by atoms with Gasteiger partial charge in [-0.2, -0.15) is 0 Å². The molecule has 0 atom stereocenters. The minimum absolute atomic E-state index is 0.000512. The molecule has 126 valence electrons. The van der Waals surface area contributed by atoms with Crippen molar-refractivity contribution < 1.29 is 9.59 Å². The van der Waals surface area contributed by atoms with Gasteiger partial charge in [-0.05, 0) is 36.3 Å². The maximum atomic E-state index is 12.4. The van der Waals surface area contributed by atoms with Crippen molar-refractivity contribution in [3.63, 3.8) is 0 Å². The third kappa shape index (κ3) is 3.62. The van der Waals surface area contributed by atoms with E-state index in [1.807, 2.05) is 11.4 Å². The molecule has 1 aliphatic heterocycles. The second-order valence-electron chi connectivity index (χ2n) is 5.76. The number of hydrogen-bond donors (Lipinski definition) is 1. The Balaban J connectivity index is 1.54. The van der Waals surface area contributed by atoms with E-state index in [9.17, 15) is 9.59 Å². The number of piperidine rings is 1. The Morgan fingerprint density at radius 1 is 1.33 bits per heavy atom. The van der Waals surface area contributed by atoms with Crippen LogP contribution >= 0.6 is 11.3 Å². The van der Waals surface area contributed by atoms with Crippen LogP contribution in [0.4, 0.5) is 0 Å². The standard InChI is InChI=1S/C17H20N4O2S/c1-2-12-5-10-24-15(12)16(22)20-13-3-8-21(9-4-13)17(23)14-11-18-6-7-19-14/h5-7,10-11,13H,2-4,8-9H2,1H3,(H,20,22). The summed E-state index contributed by atoms with van der Waals surface area (Å²) < 4.78 is 0. The third-order valence-electron chi connectivity index (χ3n) is 4.23. The summed E-state index contributed by atoms with van der Waals surface area (Å²) in [6.07, 6.45) is 6.92. The molecule has 6 nitrogen and oxygen atoms in total. The van der Waals surface area contributed by atoms with Gasteiger partial charge in [0.15, 0.2) is 0 Å². The molecule has 0 radical (unpaired) electrons. The van der Waals surface area contributed by atoms with Gasteiger partial charge in [-0.15, -0.1) is 11.3 Å². The molecule has 2 aromatic heterocycles. The van der Waals surface area contributed by atoms with Gasteiger partial charge in [-0.25, -0.2) is 4.98 Å². The molecule has 0 saturated carbocycles. The predicted octanol–water partition coefficient (Wildman–Crippen LogP) is 2.14. The highest BCUT2D eigenvalue weighted by Gasteiger charge is 2.26. The Morgan fingerprint density at radius 3 is 2.79 bits per heavy atom. The molecule has 0 aromatic carbocycles. The van der Waals surface area contributed by atoms with Gasteiger partial charge < -0.3 is 10.2 Å². The lowest BCUT2D eigenvalue weighted by atomic mass is 10.0. The molecule has 1 fully saturated rings. The van der Waals surface area contributed by atoms with E-state index in [0.29, 0.717) is 18.8 Å². The Kier molecular flexibility index (Phi) is 5.20. The minimum atomic E-state index is -0.0978. The van der Waals surface area contributed by atoms with Crippen LogP contribution in [-0.2, 0) is 6.42 Å². The number of amides is 2. The van der Waals surface area contributed by atoms with Crippen molar-refractivity contribution in [1.82, 2.24) is 20.2 Å². The van der Waals surface area contributed by atoms with E-state index in [2.05, 4.69) is 22.2 Å². The molecule has 3 heterocycles. The largest absolute Gasteiger partial charge is 0.348 e. The second kappa shape index (κ2) is 7.53. The van der Waals surface area contributed by atoms with Crippen LogP contribution in [-0.4, -0.2) is 45.8 Å². The highest BCUT2D eigenvalue weighted by molar-refractivity contribution is 7.12. The molecule has 0 aliphatic carbocycles. The molecule has 1 aliphatic rings. The topological polar surface area (TPSA) is 75.2 Å². The molecule has 24 heavy (non-hydrogen) atoms. The van der Waals surface area contributed by atoms with Gasteiger partial charge in [0, 0.05) is 31.5 Å². The van der Waals surface area contributed by atoms with Crippen LogP contribution in [0.15, 0.2) is 30.0 Å². The number of nitrogens with one attached hydrogen (secondary N) is 1. The van der Waals surface area contributed by atoms with Crippen LogP contribution < -0.4 is 5.32 Å². The zero-order chi connectivity index (χ0) is 16.9. The molecule has 0 unspecified atom stereocenters. The number of carbonyl (C=O) groups is 2. The number of aromatic nitrogens is 2. The number of likely N-dealkylation sites (tertiary alicyclic amines) is 1. The first kappa shape index (κ1) is 16.6. The molecule has 2 amide bonds. The van der Waals surface area contributed by atoms with Crippen molar-refractivity contribution in [3.05, 3.63) is 46.2 Å². The first-order valence-electron chi connectivity index (χ1n) is 8.11. The lowest BCUT2D eigenvalue weighted by Crippen LogP contribution is -2.46. The van der Waals surface area contributed by atoms with Crippen molar-refractivity contribution in [1.29, 1.82) is 0 Å². The molecule has 7 heteroatoms. The van der Waals surface area contributed by atoms with Crippen molar-refractivity contribution in [3.8, 4) is 0 Å². The molecule has 2 aromatic rings. The Morgan fingerprint density at radius 2 is 2.12 bits per heavy atom. The summed E-state index contributed by atoms with van der Waals surface area (Å²) in [4.78, 5) is 35.3. The SMILES string of the molecule is CCc1ccsc1C(=O)NC1CCN(C(=O)c2cnccn2)CC1.